The highest BCUT2D eigenvalue weighted by molar-refractivity contribution is 6.05. The van der Waals surface area contributed by atoms with Crippen molar-refractivity contribution >= 4 is 11.6 Å². The molecule has 0 saturated carbocycles. The third-order valence-electron chi connectivity index (χ3n) is 3.93. The summed E-state index contributed by atoms with van der Waals surface area (Å²) in [6.45, 7) is 0.576. The number of carbonyl (C=O) groups is 1. The fraction of sp³-hybridized carbons (Fsp3) is 0.263. The van der Waals surface area contributed by atoms with Crippen LogP contribution in [-0.2, 0) is 16.1 Å². The molecule has 0 spiro atoms. The average Bonchev–Trinajstić information content (AvgIpc) is 3.12. The first-order valence-electron chi connectivity index (χ1n) is 7.95. The Morgan fingerprint density at radius 1 is 1.21 bits per heavy atom. The van der Waals surface area contributed by atoms with E-state index in [1.54, 1.807) is 7.11 Å². The molecule has 1 heterocycles. The van der Waals surface area contributed by atoms with Gasteiger partial charge in [-0.1, -0.05) is 47.6 Å². The summed E-state index contributed by atoms with van der Waals surface area (Å²) in [5, 5.41) is 6.96. The third-order valence-corrected chi connectivity index (χ3v) is 3.93. The van der Waals surface area contributed by atoms with E-state index in [4.69, 9.17) is 9.57 Å². The van der Waals surface area contributed by atoms with Crippen molar-refractivity contribution in [3.63, 3.8) is 0 Å². The van der Waals surface area contributed by atoms with E-state index in [0.29, 0.717) is 13.0 Å². The topological polar surface area (TPSA) is 59.9 Å². The second kappa shape index (κ2) is 7.64. The zero-order valence-corrected chi connectivity index (χ0v) is 13.6. The number of nitrogens with one attached hydrogen (secondary N) is 1. The summed E-state index contributed by atoms with van der Waals surface area (Å²) in [5.41, 5.74) is 2.78. The largest absolute Gasteiger partial charge is 0.496 e. The Kier molecular flexibility index (Phi) is 5.11. The van der Waals surface area contributed by atoms with E-state index in [1.807, 2.05) is 54.6 Å². The summed E-state index contributed by atoms with van der Waals surface area (Å²) < 4.78 is 5.33. The molecule has 0 saturated heterocycles. The van der Waals surface area contributed by atoms with Crippen molar-refractivity contribution in [1.82, 2.24) is 5.32 Å². The summed E-state index contributed by atoms with van der Waals surface area (Å²) in [6.07, 6.45) is 0.651. The quantitative estimate of drug-likeness (QED) is 0.888. The average molecular weight is 324 g/mol. The van der Waals surface area contributed by atoms with Crippen LogP contribution in [0.25, 0.3) is 0 Å². The SMILES string of the molecule is COc1ccccc1C1=NOC(C(=O)NCCc2ccccc2)C1. The van der Waals surface area contributed by atoms with Crippen LogP contribution in [0.3, 0.4) is 0 Å². The van der Waals surface area contributed by atoms with Crippen LogP contribution in [0.2, 0.25) is 0 Å². The zero-order chi connectivity index (χ0) is 16.8. The van der Waals surface area contributed by atoms with Crippen molar-refractivity contribution in [2.24, 2.45) is 5.16 Å². The minimum atomic E-state index is -0.583. The van der Waals surface area contributed by atoms with Gasteiger partial charge in [0.25, 0.3) is 5.91 Å². The highest BCUT2D eigenvalue weighted by Gasteiger charge is 2.29. The first kappa shape index (κ1) is 16.1. The van der Waals surface area contributed by atoms with Crippen LogP contribution in [0.15, 0.2) is 59.8 Å². The molecular formula is C19H20N2O3. The van der Waals surface area contributed by atoms with E-state index in [2.05, 4.69) is 10.5 Å². The summed E-state index contributed by atoms with van der Waals surface area (Å²) in [7, 11) is 1.61. The van der Waals surface area contributed by atoms with E-state index in [1.165, 1.54) is 5.56 Å². The normalized spacial score (nSPS) is 16.2. The molecular weight excluding hydrogens is 304 g/mol. The number of benzene rings is 2. The van der Waals surface area contributed by atoms with Gasteiger partial charge in [-0.25, -0.2) is 0 Å². The molecule has 2 aromatic rings. The number of amides is 1. The number of hydrogen-bond acceptors (Lipinski definition) is 4. The lowest BCUT2D eigenvalue weighted by atomic mass is 10.0. The summed E-state index contributed by atoms with van der Waals surface area (Å²) >= 11 is 0. The molecule has 1 aliphatic rings. The van der Waals surface area contributed by atoms with Crippen molar-refractivity contribution in [2.75, 3.05) is 13.7 Å². The fourth-order valence-corrected chi connectivity index (χ4v) is 2.65. The first-order chi connectivity index (χ1) is 11.8. The Bertz CT molecular complexity index is 728. The maximum atomic E-state index is 12.2. The smallest absolute Gasteiger partial charge is 0.264 e. The summed E-state index contributed by atoms with van der Waals surface area (Å²) in [6, 6.07) is 17.6. The Balaban J connectivity index is 1.52. The van der Waals surface area contributed by atoms with E-state index >= 15 is 0 Å². The summed E-state index contributed by atoms with van der Waals surface area (Å²) in [5.74, 6) is 0.588. The molecule has 0 bridgehead atoms. The van der Waals surface area contributed by atoms with Crippen LogP contribution in [0.1, 0.15) is 17.5 Å². The fourth-order valence-electron chi connectivity index (χ4n) is 2.65. The molecule has 0 aliphatic carbocycles. The minimum absolute atomic E-state index is 0.139. The van der Waals surface area contributed by atoms with Crippen molar-refractivity contribution in [2.45, 2.75) is 18.9 Å². The van der Waals surface area contributed by atoms with Gasteiger partial charge in [-0.15, -0.1) is 0 Å². The van der Waals surface area contributed by atoms with Gasteiger partial charge in [-0.2, -0.15) is 0 Å². The number of hydrogen-bond donors (Lipinski definition) is 1. The highest BCUT2D eigenvalue weighted by Crippen LogP contribution is 2.24. The number of ether oxygens (including phenoxy) is 1. The number of rotatable bonds is 6. The van der Waals surface area contributed by atoms with Gasteiger partial charge in [0, 0.05) is 18.5 Å². The predicted molar refractivity (Wildman–Crippen MR) is 92.2 cm³/mol. The van der Waals surface area contributed by atoms with Gasteiger partial charge in [0.15, 0.2) is 0 Å². The van der Waals surface area contributed by atoms with Crippen LogP contribution in [0, 0.1) is 0 Å². The number of carbonyl (C=O) groups excluding carboxylic acids is 1. The standard InChI is InChI=1S/C19H20N2O3/c1-23-17-10-6-5-9-15(17)16-13-18(24-21-16)19(22)20-12-11-14-7-3-2-4-8-14/h2-10,18H,11-13H2,1H3,(H,20,22). The van der Waals surface area contributed by atoms with Crippen molar-refractivity contribution in [3.05, 3.63) is 65.7 Å². The van der Waals surface area contributed by atoms with Crippen molar-refractivity contribution in [1.29, 1.82) is 0 Å². The van der Waals surface area contributed by atoms with Gasteiger partial charge < -0.3 is 14.9 Å². The number of nitrogens with zero attached hydrogens (tertiary/aromatic N) is 1. The molecule has 1 atom stereocenters. The second-order valence-electron chi connectivity index (χ2n) is 5.56. The maximum Gasteiger partial charge on any atom is 0.264 e. The van der Waals surface area contributed by atoms with E-state index < -0.39 is 6.10 Å². The zero-order valence-electron chi connectivity index (χ0n) is 13.6. The molecule has 1 aliphatic heterocycles. The highest BCUT2D eigenvalue weighted by atomic mass is 16.6. The van der Waals surface area contributed by atoms with Gasteiger partial charge >= 0.3 is 0 Å². The van der Waals surface area contributed by atoms with Crippen molar-refractivity contribution in [3.8, 4) is 5.75 Å². The summed E-state index contributed by atoms with van der Waals surface area (Å²) in [4.78, 5) is 17.5. The van der Waals surface area contributed by atoms with Crippen LogP contribution in [-0.4, -0.2) is 31.4 Å². The van der Waals surface area contributed by atoms with Crippen LogP contribution in [0.4, 0.5) is 0 Å². The molecule has 0 fully saturated rings. The molecule has 3 rings (SSSR count). The van der Waals surface area contributed by atoms with E-state index in [0.717, 1.165) is 23.4 Å². The van der Waals surface area contributed by atoms with Gasteiger partial charge in [0.05, 0.1) is 12.8 Å². The molecule has 5 nitrogen and oxygen atoms in total. The Labute approximate surface area is 141 Å². The van der Waals surface area contributed by atoms with Crippen molar-refractivity contribution < 1.29 is 14.4 Å². The van der Waals surface area contributed by atoms with E-state index in [9.17, 15) is 4.79 Å². The van der Waals surface area contributed by atoms with Crippen LogP contribution < -0.4 is 10.1 Å². The monoisotopic (exact) mass is 324 g/mol. The van der Waals surface area contributed by atoms with Gasteiger partial charge in [0.1, 0.15) is 5.75 Å². The van der Waals surface area contributed by atoms with E-state index in [-0.39, 0.29) is 5.91 Å². The molecule has 124 valence electrons. The number of oxime groups is 1. The third kappa shape index (κ3) is 3.74. The van der Waals surface area contributed by atoms with Crippen LogP contribution >= 0.6 is 0 Å². The molecule has 2 aromatic carbocycles. The molecule has 1 amide bonds. The lowest BCUT2D eigenvalue weighted by Gasteiger charge is -2.10. The minimum Gasteiger partial charge on any atom is -0.496 e. The van der Waals surface area contributed by atoms with Gasteiger partial charge in [-0.3, -0.25) is 4.79 Å². The van der Waals surface area contributed by atoms with Gasteiger partial charge in [-0.05, 0) is 24.1 Å². The maximum absolute atomic E-state index is 12.2. The predicted octanol–water partition coefficient (Wildman–Crippen LogP) is 2.55. The number of methoxy groups -OCH3 is 1. The molecule has 24 heavy (non-hydrogen) atoms. The Morgan fingerprint density at radius 2 is 1.96 bits per heavy atom. The molecule has 1 unspecified atom stereocenters. The molecule has 1 N–H and O–H groups in total. The lowest BCUT2D eigenvalue weighted by Crippen LogP contribution is -2.36. The molecule has 0 radical (unpaired) electrons. The Morgan fingerprint density at radius 3 is 2.75 bits per heavy atom. The van der Waals surface area contributed by atoms with Gasteiger partial charge in [0.2, 0.25) is 6.10 Å². The first-order valence-corrected chi connectivity index (χ1v) is 7.95. The number of para-hydroxylation sites is 1. The molecule has 5 heteroatoms. The Hall–Kier alpha value is -2.82. The second-order valence-corrected chi connectivity index (χ2v) is 5.56. The molecule has 0 aromatic heterocycles. The lowest BCUT2D eigenvalue weighted by molar-refractivity contribution is -0.131. The van der Waals surface area contributed by atoms with Crippen LogP contribution in [0.5, 0.6) is 5.75 Å².